The topological polar surface area (TPSA) is 140 Å². The van der Waals surface area contributed by atoms with Crippen molar-refractivity contribution >= 4 is 40.2 Å². The van der Waals surface area contributed by atoms with Crippen LogP contribution in [0.3, 0.4) is 0 Å². The number of halogens is 1. The molecule has 0 aromatic heterocycles. The first-order valence-corrected chi connectivity index (χ1v) is 20.8. The van der Waals surface area contributed by atoms with Crippen molar-refractivity contribution in [2.45, 2.75) is 0 Å². The summed E-state index contributed by atoms with van der Waals surface area (Å²) in [5.74, 6) is 2.42. The predicted octanol–water partition coefficient (Wildman–Crippen LogP) is 3.59. The largest absolute Gasteiger partial charge is 0.497 e. The predicted molar refractivity (Wildman–Crippen MR) is 221 cm³/mol. The molecule has 290 valence electrons. The molecular formula is C46H43ClN3O6P. The zero-order chi connectivity index (χ0) is 40.7. The molecule has 0 bridgehead atoms. The third-order valence-corrected chi connectivity index (χ3v) is 12.3. The molecule has 6 rings (SSSR count). The number of nitrogens with zero attached hydrogens (tertiary/aromatic N) is 3. The molecule has 0 heterocycles. The van der Waals surface area contributed by atoms with Gasteiger partial charge in [-0.3, -0.25) is 9.64 Å². The van der Waals surface area contributed by atoms with Crippen LogP contribution in [0.5, 0.6) is 11.5 Å². The Hall–Kier alpha value is -5.99. The summed E-state index contributed by atoms with van der Waals surface area (Å²) in [4.78, 5) is 2.04. The number of amidine groups is 1. The molecule has 0 radical (unpaired) electrons. The molecule has 6 aromatic carbocycles. The SMILES string of the molecule is COc1ccc(C(/C=C/C=C(\N=P(c2ccccc2)(c2ccccc2)c2ccccc2)c2ccc(OC)cc2)=[N+]=C(c2ccccc2)N(C)C)cc1.[O-][Cl+3]([O-])([O-])[O-]. The second kappa shape index (κ2) is 20.3. The fourth-order valence-electron chi connectivity index (χ4n) is 5.98. The minimum atomic E-state index is -4.94. The molecule has 11 heteroatoms. The smallest absolute Gasteiger partial charge is 0.377 e. The summed E-state index contributed by atoms with van der Waals surface area (Å²) in [6.07, 6.45) is 6.21. The fraction of sp³-hybridized carbons (Fsp3) is 0.0870. The van der Waals surface area contributed by atoms with Gasteiger partial charge in [0.2, 0.25) is 5.71 Å². The minimum Gasteiger partial charge on any atom is -0.497 e. The average molecular weight is 800 g/mol. The first-order valence-electron chi connectivity index (χ1n) is 17.8. The third kappa shape index (κ3) is 11.8. The number of rotatable bonds is 11. The molecular weight excluding hydrogens is 757 g/mol. The van der Waals surface area contributed by atoms with Crippen molar-refractivity contribution in [1.29, 1.82) is 0 Å². The van der Waals surface area contributed by atoms with E-state index in [0.29, 0.717) is 0 Å². The molecule has 0 aliphatic rings. The molecule has 0 unspecified atom stereocenters. The molecule has 0 fully saturated rings. The van der Waals surface area contributed by atoms with Crippen LogP contribution in [0.25, 0.3) is 5.70 Å². The lowest BCUT2D eigenvalue weighted by atomic mass is 10.1. The Kier molecular flexibility index (Phi) is 15.0. The van der Waals surface area contributed by atoms with E-state index < -0.39 is 17.3 Å². The second-order valence-corrected chi connectivity index (χ2v) is 16.3. The fourth-order valence-corrected chi connectivity index (χ4v) is 9.53. The van der Waals surface area contributed by atoms with Gasteiger partial charge in [0.1, 0.15) is 11.5 Å². The lowest BCUT2D eigenvalue weighted by molar-refractivity contribution is -2.00. The van der Waals surface area contributed by atoms with Gasteiger partial charge in [0.15, 0.2) is 0 Å². The van der Waals surface area contributed by atoms with Crippen LogP contribution in [0.4, 0.5) is 0 Å². The molecule has 57 heavy (non-hydrogen) atoms. The summed E-state index contributed by atoms with van der Waals surface area (Å²) >= 11 is 0. The molecule has 0 atom stereocenters. The summed E-state index contributed by atoms with van der Waals surface area (Å²) in [7, 11) is -0.116. The van der Waals surface area contributed by atoms with Crippen LogP contribution in [0.2, 0.25) is 0 Å². The second-order valence-electron chi connectivity index (χ2n) is 12.6. The molecule has 0 N–H and O–H groups in total. The van der Waals surface area contributed by atoms with Crippen LogP contribution in [0.1, 0.15) is 16.7 Å². The standard InChI is InChI=1S/C46H43N3O2P.ClHO4/c1-49(2)46(38-18-9-5-10-19-38)47-44(36-28-32-39(50-3)33-29-36)26-17-27-45(37-30-34-40(51-4)35-31-37)48-52(41-20-11-6-12-21-41,42-22-13-7-14-23-42)43-24-15-8-16-25-43;2-1(3,4)5/h5-35H,1-4H3;(H,2,3,4,5)/q+1;/p-1/b26-17+,45-27-;. The number of allylic oxidation sites excluding steroid dienone is 3. The Morgan fingerprint density at radius 1 is 0.561 bits per heavy atom. The highest BCUT2D eigenvalue weighted by Gasteiger charge is 2.28. The van der Waals surface area contributed by atoms with E-state index in [1.54, 1.807) is 14.2 Å². The summed E-state index contributed by atoms with van der Waals surface area (Å²) in [6.45, 7) is 0. The maximum absolute atomic E-state index is 8.49. The van der Waals surface area contributed by atoms with Crippen molar-refractivity contribution in [3.8, 4) is 11.5 Å². The van der Waals surface area contributed by atoms with E-state index in [1.807, 2.05) is 73.6 Å². The van der Waals surface area contributed by atoms with Crippen LogP contribution >= 0.6 is 7.05 Å². The van der Waals surface area contributed by atoms with Gasteiger partial charge in [0.05, 0.1) is 46.6 Å². The Bertz CT molecular complexity index is 2250. The number of hydrogen-bond donors (Lipinski definition) is 0. The highest BCUT2D eigenvalue weighted by molar-refractivity contribution is 7.87. The number of hydrogen-bond acceptors (Lipinski definition) is 7. The van der Waals surface area contributed by atoms with Gasteiger partial charge >= 0.3 is 5.84 Å². The zero-order valence-electron chi connectivity index (χ0n) is 32.0. The maximum Gasteiger partial charge on any atom is 0.377 e. The summed E-state index contributed by atoms with van der Waals surface area (Å²) in [5, 5.41) is 3.51. The highest BCUT2D eigenvalue weighted by atomic mass is 35.7. The van der Waals surface area contributed by atoms with Crippen LogP contribution in [0, 0.1) is 10.2 Å². The van der Waals surface area contributed by atoms with E-state index in [0.717, 1.165) is 45.4 Å². The van der Waals surface area contributed by atoms with Crippen LogP contribution in [-0.2, 0) is 0 Å². The van der Waals surface area contributed by atoms with Gasteiger partial charge in [-0.05, 0) is 66.7 Å². The zero-order valence-corrected chi connectivity index (χ0v) is 33.7. The molecule has 0 aliphatic heterocycles. The number of methoxy groups -OCH3 is 2. The Balaban J connectivity index is 0.00000117. The van der Waals surface area contributed by atoms with Gasteiger partial charge in [-0.25, -0.2) is 23.3 Å². The third-order valence-electron chi connectivity index (χ3n) is 8.61. The van der Waals surface area contributed by atoms with Crippen molar-refractivity contribution in [2.24, 2.45) is 4.74 Å². The van der Waals surface area contributed by atoms with Gasteiger partial charge in [0, 0.05) is 33.1 Å². The van der Waals surface area contributed by atoms with Gasteiger partial charge < -0.3 is 9.47 Å². The van der Waals surface area contributed by atoms with Crippen LogP contribution in [0.15, 0.2) is 193 Å². The number of ether oxygens (including phenoxy) is 2. The summed E-state index contributed by atoms with van der Waals surface area (Å²) in [5.41, 5.74) is 4.61. The minimum absolute atomic E-state index is 0.787. The summed E-state index contributed by atoms with van der Waals surface area (Å²) in [6, 6.07) is 58.4. The molecule has 0 saturated carbocycles. The van der Waals surface area contributed by atoms with Crippen molar-refractivity contribution in [3.63, 3.8) is 0 Å². The van der Waals surface area contributed by atoms with Crippen molar-refractivity contribution in [3.05, 3.63) is 205 Å². The molecule has 0 amide bonds. The quantitative estimate of drug-likeness (QED) is 0.0642. The normalized spacial score (nSPS) is 11.5. The Morgan fingerprint density at radius 3 is 1.33 bits per heavy atom. The van der Waals surface area contributed by atoms with E-state index in [1.165, 1.54) is 15.9 Å². The number of benzene rings is 6. The first kappa shape index (κ1) is 42.2. The van der Waals surface area contributed by atoms with Crippen molar-refractivity contribution in [2.75, 3.05) is 28.3 Å². The van der Waals surface area contributed by atoms with Gasteiger partial charge in [-0.1, -0.05) is 115 Å². The van der Waals surface area contributed by atoms with E-state index in [9.17, 15) is 0 Å². The summed E-state index contributed by atoms with van der Waals surface area (Å²) < 4.78 is 56.1. The van der Waals surface area contributed by atoms with Gasteiger partial charge in [0.25, 0.3) is 0 Å². The van der Waals surface area contributed by atoms with E-state index in [2.05, 4.69) is 133 Å². The average Bonchev–Trinajstić information content (AvgIpc) is 3.24. The molecule has 0 aliphatic carbocycles. The monoisotopic (exact) mass is 799 g/mol. The van der Waals surface area contributed by atoms with Crippen molar-refractivity contribution < 1.29 is 38.4 Å². The van der Waals surface area contributed by atoms with E-state index in [-0.39, 0.29) is 0 Å². The first-order chi connectivity index (χ1) is 27.5. The lowest BCUT2D eigenvalue weighted by Crippen LogP contribution is -2.68. The molecule has 0 saturated heterocycles. The molecule has 0 spiro atoms. The maximum atomic E-state index is 8.49. The lowest BCUT2D eigenvalue weighted by Gasteiger charge is -2.27. The van der Waals surface area contributed by atoms with E-state index in [4.69, 9.17) is 37.5 Å². The molecule has 6 aromatic rings. The highest BCUT2D eigenvalue weighted by Crippen LogP contribution is 2.49. The van der Waals surface area contributed by atoms with Gasteiger partial charge in [-0.2, -0.15) is 0 Å². The van der Waals surface area contributed by atoms with Crippen LogP contribution in [-0.4, -0.2) is 44.8 Å². The Labute approximate surface area is 336 Å². The molecule has 9 nitrogen and oxygen atoms in total. The van der Waals surface area contributed by atoms with E-state index >= 15 is 0 Å². The van der Waals surface area contributed by atoms with Crippen LogP contribution < -0.4 is 48.7 Å². The van der Waals surface area contributed by atoms with Crippen molar-refractivity contribution in [1.82, 2.24) is 9.57 Å². The van der Waals surface area contributed by atoms with Gasteiger partial charge in [-0.15, -0.1) is 10.2 Å². The Morgan fingerprint density at radius 2 is 0.947 bits per heavy atom.